The predicted molar refractivity (Wildman–Crippen MR) is 79.7 cm³/mol. The van der Waals surface area contributed by atoms with Crippen LogP contribution in [0.5, 0.6) is 0 Å². The molecule has 116 valence electrons. The van der Waals surface area contributed by atoms with Gasteiger partial charge in [-0.05, 0) is 45.6 Å². The topological polar surface area (TPSA) is 39.7 Å². The Hall–Kier alpha value is -0.160. The smallest absolute Gasteiger partial charge is 0.0700 e. The van der Waals surface area contributed by atoms with Gasteiger partial charge in [0.05, 0.1) is 13.2 Å². The first-order valence-electron chi connectivity index (χ1n) is 7.69. The molecule has 0 aliphatic heterocycles. The van der Waals surface area contributed by atoms with Gasteiger partial charge in [0.2, 0.25) is 0 Å². The molecule has 4 heteroatoms. The van der Waals surface area contributed by atoms with Crippen LogP contribution >= 0.6 is 0 Å². The summed E-state index contributed by atoms with van der Waals surface area (Å²) in [7, 11) is 1.69. The maximum absolute atomic E-state index is 5.57. The minimum atomic E-state index is 0.633. The Morgan fingerprint density at radius 2 is 1.58 bits per heavy atom. The van der Waals surface area contributed by atoms with Crippen LogP contribution in [0, 0.1) is 0 Å². The maximum Gasteiger partial charge on any atom is 0.0700 e. The van der Waals surface area contributed by atoms with E-state index < -0.39 is 0 Å². The number of nitrogens with one attached hydrogen (secondary N) is 1. The van der Waals surface area contributed by atoms with E-state index in [4.69, 9.17) is 14.2 Å². The van der Waals surface area contributed by atoms with Crippen LogP contribution in [0.15, 0.2) is 0 Å². The van der Waals surface area contributed by atoms with E-state index in [2.05, 4.69) is 19.2 Å². The van der Waals surface area contributed by atoms with Gasteiger partial charge in [0.25, 0.3) is 0 Å². The van der Waals surface area contributed by atoms with E-state index in [-0.39, 0.29) is 0 Å². The average molecular weight is 275 g/mol. The molecule has 0 spiro atoms. The molecule has 0 saturated carbocycles. The van der Waals surface area contributed by atoms with Gasteiger partial charge in [-0.15, -0.1) is 0 Å². The van der Waals surface area contributed by atoms with Gasteiger partial charge < -0.3 is 19.5 Å². The zero-order valence-electron chi connectivity index (χ0n) is 13.1. The Bertz CT molecular complexity index is 167. The number of unbranched alkanes of at least 4 members (excludes halogenated alkanes) is 1. The molecule has 0 aromatic carbocycles. The SMILES string of the molecule is CCCNC(C)CCCCOCCCOCCOC. The van der Waals surface area contributed by atoms with Gasteiger partial charge in [-0.3, -0.25) is 0 Å². The molecule has 0 aromatic rings. The maximum atomic E-state index is 5.57. The Morgan fingerprint density at radius 1 is 0.895 bits per heavy atom. The van der Waals surface area contributed by atoms with Crippen LogP contribution in [-0.4, -0.2) is 52.7 Å². The first-order chi connectivity index (χ1) is 9.31. The fourth-order valence-corrected chi connectivity index (χ4v) is 1.76. The van der Waals surface area contributed by atoms with Gasteiger partial charge in [0.1, 0.15) is 0 Å². The molecule has 4 nitrogen and oxygen atoms in total. The minimum Gasteiger partial charge on any atom is -0.382 e. The number of hydrogen-bond donors (Lipinski definition) is 1. The molecule has 0 aromatic heterocycles. The van der Waals surface area contributed by atoms with Crippen molar-refractivity contribution in [2.24, 2.45) is 0 Å². The average Bonchev–Trinajstić information content (AvgIpc) is 2.42. The van der Waals surface area contributed by atoms with Crippen LogP contribution in [0.3, 0.4) is 0 Å². The third-order valence-corrected chi connectivity index (χ3v) is 2.93. The highest BCUT2D eigenvalue weighted by Gasteiger charge is 1.99. The van der Waals surface area contributed by atoms with Gasteiger partial charge in [-0.1, -0.05) is 6.92 Å². The Labute approximate surface area is 119 Å². The highest BCUT2D eigenvalue weighted by Crippen LogP contribution is 2.01. The second kappa shape index (κ2) is 15.9. The quantitative estimate of drug-likeness (QED) is 0.466. The van der Waals surface area contributed by atoms with Crippen molar-refractivity contribution < 1.29 is 14.2 Å². The lowest BCUT2D eigenvalue weighted by Crippen LogP contribution is -2.26. The molecule has 0 bridgehead atoms. The molecule has 1 atom stereocenters. The molecule has 1 unspecified atom stereocenters. The standard InChI is InChI=1S/C15H33NO3/c1-4-9-16-15(2)8-5-6-10-18-11-7-12-19-14-13-17-3/h15-16H,4-14H2,1-3H3. The van der Waals surface area contributed by atoms with E-state index in [1.807, 2.05) is 0 Å². The summed E-state index contributed by atoms with van der Waals surface area (Å²) in [6.45, 7) is 9.38. The van der Waals surface area contributed by atoms with E-state index in [0.717, 1.165) is 39.2 Å². The van der Waals surface area contributed by atoms with Gasteiger partial charge in [0.15, 0.2) is 0 Å². The fraction of sp³-hybridized carbons (Fsp3) is 1.00. The molecule has 0 aliphatic carbocycles. The third-order valence-electron chi connectivity index (χ3n) is 2.93. The minimum absolute atomic E-state index is 0.633. The lowest BCUT2D eigenvalue weighted by atomic mass is 10.1. The first-order valence-corrected chi connectivity index (χ1v) is 7.69. The first kappa shape index (κ1) is 18.8. The van der Waals surface area contributed by atoms with E-state index in [9.17, 15) is 0 Å². The summed E-state index contributed by atoms with van der Waals surface area (Å²) in [5, 5.41) is 3.50. The second-order valence-corrected chi connectivity index (χ2v) is 4.92. The van der Waals surface area contributed by atoms with Gasteiger partial charge in [0, 0.05) is 33.0 Å². The van der Waals surface area contributed by atoms with E-state index in [1.165, 1.54) is 19.3 Å². The van der Waals surface area contributed by atoms with Gasteiger partial charge >= 0.3 is 0 Å². The molecular formula is C15H33NO3. The normalized spacial score (nSPS) is 12.8. The molecule has 0 saturated heterocycles. The van der Waals surface area contributed by atoms with E-state index in [1.54, 1.807) is 7.11 Å². The lowest BCUT2D eigenvalue weighted by molar-refractivity contribution is 0.0508. The van der Waals surface area contributed by atoms with Crippen molar-refractivity contribution in [1.82, 2.24) is 5.32 Å². The van der Waals surface area contributed by atoms with E-state index in [0.29, 0.717) is 19.3 Å². The zero-order valence-corrected chi connectivity index (χ0v) is 13.1. The highest BCUT2D eigenvalue weighted by atomic mass is 16.5. The van der Waals surface area contributed by atoms with Gasteiger partial charge in [-0.2, -0.15) is 0 Å². The molecule has 0 amide bonds. The van der Waals surface area contributed by atoms with Crippen molar-refractivity contribution in [2.75, 3.05) is 46.7 Å². The van der Waals surface area contributed by atoms with Crippen molar-refractivity contribution >= 4 is 0 Å². The fourth-order valence-electron chi connectivity index (χ4n) is 1.76. The molecule has 0 rings (SSSR count). The van der Waals surface area contributed by atoms with Crippen LogP contribution in [0.4, 0.5) is 0 Å². The molecular weight excluding hydrogens is 242 g/mol. The summed E-state index contributed by atoms with van der Waals surface area (Å²) >= 11 is 0. The molecule has 0 radical (unpaired) electrons. The van der Waals surface area contributed by atoms with Gasteiger partial charge in [-0.25, -0.2) is 0 Å². The molecule has 0 aliphatic rings. The van der Waals surface area contributed by atoms with Crippen molar-refractivity contribution in [2.45, 2.75) is 52.0 Å². The summed E-state index contributed by atoms with van der Waals surface area (Å²) < 4.78 is 15.8. The summed E-state index contributed by atoms with van der Waals surface area (Å²) in [5.74, 6) is 0. The molecule has 19 heavy (non-hydrogen) atoms. The second-order valence-electron chi connectivity index (χ2n) is 4.92. The summed E-state index contributed by atoms with van der Waals surface area (Å²) in [6, 6.07) is 0.633. The van der Waals surface area contributed by atoms with Crippen LogP contribution in [0.25, 0.3) is 0 Å². The molecule has 0 heterocycles. The Kier molecular flexibility index (Phi) is 15.8. The van der Waals surface area contributed by atoms with Crippen LogP contribution < -0.4 is 5.32 Å². The van der Waals surface area contributed by atoms with Crippen LogP contribution in [0.2, 0.25) is 0 Å². The largest absolute Gasteiger partial charge is 0.382 e. The van der Waals surface area contributed by atoms with Crippen LogP contribution in [-0.2, 0) is 14.2 Å². The molecule has 1 N–H and O–H groups in total. The monoisotopic (exact) mass is 275 g/mol. The Morgan fingerprint density at radius 3 is 2.26 bits per heavy atom. The summed E-state index contributed by atoms with van der Waals surface area (Å²) in [5.41, 5.74) is 0. The Balaban J connectivity index is 3.02. The van der Waals surface area contributed by atoms with E-state index >= 15 is 0 Å². The highest BCUT2D eigenvalue weighted by molar-refractivity contribution is 4.59. The number of ether oxygens (including phenoxy) is 3. The number of rotatable bonds is 15. The van der Waals surface area contributed by atoms with Crippen molar-refractivity contribution in [1.29, 1.82) is 0 Å². The van der Waals surface area contributed by atoms with Crippen LogP contribution in [0.1, 0.15) is 46.0 Å². The zero-order chi connectivity index (χ0) is 14.2. The number of hydrogen-bond acceptors (Lipinski definition) is 4. The third kappa shape index (κ3) is 15.8. The summed E-state index contributed by atoms with van der Waals surface area (Å²) in [6.07, 6.45) is 5.81. The predicted octanol–water partition coefficient (Wildman–Crippen LogP) is 2.61. The van der Waals surface area contributed by atoms with Crippen molar-refractivity contribution in [3.63, 3.8) is 0 Å². The van der Waals surface area contributed by atoms with Crippen molar-refractivity contribution in [3.8, 4) is 0 Å². The summed E-state index contributed by atoms with van der Waals surface area (Å²) in [4.78, 5) is 0. The molecule has 0 fully saturated rings. The van der Waals surface area contributed by atoms with Crippen molar-refractivity contribution in [3.05, 3.63) is 0 Å². The number of methoxy groups -OCH3 is 1. The lowest BCUT2D eigenvalue weighted by Gasteiger charge is -2.12.